The van der Waals surface area contributed by atoms with Crippen LogP contribution in [0.2, 0.25) is 0 Å². The molecule has 90 valence electrons. The summed E-state index contributed by atoms with van der Waals surface area (Å²) in [5.74, 6) is 0.915. The van der Waals surface area contributed by atoms with E-state index in [1.807, 2.05) is 0 Å². The highest BCUT2D eigenvalue weighted by Crippen LogP contribution is 2.02. The van der Waals surface area contributed by atoms with E-state index < -0.39 is 12.0 Å². The van der Waals surface area contributed by atoms with Crippen LogP contribution < -0.4 is 5.32 Å². The Morgan fingerprint density at radius 3 is 2.56 bits per heavy atom. The number of unbranched alkanes of at least 4 members (excludes halogenated alkanes) is 3. The molecule has 0 fully saturated rings. The maximum absolute atomic E-state index is 11.4. The minimum absolute atomic E-state index is 0.0238. The highest BCUT2D eigenvalue weighted by atomic mass is 16.4. The third-order valence-electron chi connectivity index (χ3n) is 2.21. The maximum Gasteiger partial charge on any atom is 0.327 e. The van der Waals surface area contributed by atoms with Crippen molar-refractivity contribution >= 4 is 11.9 Å². The van der Waals surface area contributed by atoms with E-state index in [0.717, 1.165) is 25.7 Å². The van der Waals surface area contributed by atoms with Crippen LogP contribution in [0.5, 0.6) is 0 Å². The number of terminal acetylenes is 1. The fourth-order valence-electron chi connectivity index (χ4n) is 1.30. The summed E-state index contributed by atoms with van der Waals surface area (Å²) in [5.41, 5.74) is 0. The van der Waals surface area contributed by atoms with Crippen LogP contribution in [-0.4, -0.2) is 23.0 Å². The Labute approximate surface area is 96.4 Å². The third kappa shape index (κ3) is 6.88. The van der Waals surface area contributed by atoms with E-state index in [1.54, 1.807) is 0 Å². The largest absolute Gasteiger partial charge is 0.480 e. The van der Waals surface area contributed by atoms with Crippen LogP contribution in [0.1, 0.15) is 45.4 Å². The number of carboxylic acids is 1. The Hall–Kier alpha value is -1.50. The zero-order valence-electron chi connectivity index (χ0n) is 9.66. The second kappa shape index (κ2) is 8.78. The lowest BCUT2D eigenvalue weighted by molar-refractivity contribution is -0.141. The Bertz CT molecular complexity index is 268. The van der Waals surface area contributed by atoms with Crippen LogP contribution in [0.15, 0.2) is 0 Å². The van der Waals surface area contributed by atoms with Gasteiger partial charge in [0.1, 0.15) is 6.04 Å². The minimum atomic E-state index is -1.08. The van der Waals surface area contributed by atoms with Crippen molar-refractivity contribution in [2.75, 3.05) is 0 Å². The molecule has 2 N–H and O–H groups in total. The summed E-state index contributed by atoms with van der Waals surface area (Å²) in [4.78, 5) is 22.0. The van der Waals surface area contributed by atoms with Gasteiger partial charge in [-0.25, -0.2) is 4.79 Å². The molecule has 0 aromatic carbocycles. The molecule has 0 aromatic rings. The Morgan fingerprint density at radius 2 is 2.06 bits per heavy atom. The maximum atomic E-state index is 11.4. The fourth-order valence-corrected chi connectivity index (χ4v) is 1.30. The molecule has 0 bridgehead atoms. The summed E-state index contributed by atoms with van der Waals surface area (Å²) in [6.07, 6.45) is 9.41. The van der Waals surface area contributed by atoms with Gasteiger partial charge in [0.2, 0.25) is 5.91 Å². The number of carbonyl (C=O) groups is 2. The van der Waals surface area contributed by atoms with Crippen molar-refractivity contribution in [2.45, 2.75) is 51.5 Å². The quantitative estimate of drug-likeness (QED) is 0.486. The number of nitrogens with one attached hydrogen (secondary N) is 1. The van der Waals surface area contributed by atoms with Crippen LogP contribution >= 0.6 is 0 Å². The van der Waals surface area contributed by atoms with E-state index in [2.05, 4.69) is 18.2 Å². The first-order chi connectivity index (χ1) is 7.61. The van der Waals surface area contributed by atoms with Gasteiger partial charge in [0, 0.05) is 12.8 Å². The summed E-state index contributed by atoms with van der Waals surface area (Å²) in [5, 5.41) is 11.2. The molecule has 0 rings (SSSR count). The van der Waals surface area contributed by atoms with Gasteiger partial charge in [0.25, 0.3) is 0 Å². The molecule has 0 heterocycles. The van der Waals surface area contributed by atoms with Gasteiger partial charge in [-0.05, 0) is 6.42 Å². The highest BCUT2D eigenvalue weighted by molar-refractivity contribution is 5.83. The van der Waals surface area contributed by atoms with Crippen molar-refractivity contribution in [1.82, 2.24) is 5.32 Å². The van der Waals surface area contributed by atoms with E-state index in [0.29, 0.717) is 6.42 Å². The summed E-state index contributed by atoms with van der Waals surface area (Å²) in [6, 6.07) is -0.955. The van der Waals surface area contributed by atoms with Gasteiger partial charge in [-0.2, -0.15) is 0 Å². The van der Waals surface area contributed by atoms with Crippen molar-refractivity contribution in [3.63, 3.8) is 0 Å². The lowest BCUT2D eigenvalue weighted by Crippen LogP contribution is -2.40. The van der Waals surface area contributed by atoms with Crippen LogP contribution in [-0.2, 0) is 9.59 Å². The molecule has 1 atom stereocenters. The van der Waals surface area contributed by atoms with Gasteiger partial charge in [-0.3, -0.25) is 4.79 Å². The standard InChI is InChI=1S/C12H19NO3/c1-3-5-6-7-9-11(14)13-10(8-4-2)12(15)16/h2,10H,3,5-9H2,1H3,(H,13,14)(H,15,16). The van der Waals surface area contributed by atoms with E-state index in [9.17, 15) is 9.59 Å². The fraction of sp³-hybridized carbons (Fsp3) is 0.667. The predicted octanol–water partition coefficient (Wildman–Crippen LogP) is 1.55. The average molecular weight is 225 g/mol. The van der Waals surface area contributed by atoms with Gasteiger partial charge in [0.05, 0.1) is 0 Å². The highest BCUT2D eigenvalue weighted by Gasteiger charge is 2.17. The zero-order valence-corrected chi connectivity index (χ0v) is 9.66. The second-order valence-corrected chi connectivity index (χ2v) is 3.68. The van der Waals surface area contributed by atoms with E-state index in [4.69, 9.17) is 11.5 Å². The molecule has 0 aliphatic heterocycles. The SMILES string of the molecule is C#CCC(NC(=O)CCCCCC)C(=O)O. The Kier molecular flexibility index (Phi) is 7.96. The van der Waals surface area contributed by atoms with Crippen LogP contribution in [0.3, 0.4) is 0 Å². The number of amides is 1. The van der Waals surface area contributed by atoms with Gasteiger partial charge < -0.3 is 10.4 Å². The van der Waals surface area contributed by atoms with Gasteiger partial charge in [0.15, 0.2) is 0 Å². The summed E-state index contributed by atoms with van der Waals surface area (Å²) < 4.78 is 0. The van der Waals surface area contributed by atoms with Crippen molar-refractivity contribution < 1.29 is 14.7 Å². The molecule has 0 saturated carbocycles. The first-order valence-corrected chi connectivity index (χ1v) is 5.57. The molecule has 1 amide bonds. The third-order valence-corrected chi connectivity index (χ3v) is 2.21. The van der Waals surface area contributed by atoms with Crippen molar-refractivity contribution in [2.24, 2.45) is 0 Å². The van der Waals surface area contributed by atoms with Gasteiger partial charge >= 0.3 is 5.97 Å². The molecule has 0 aromatic heterocycles. The number of rotatable bonds is 8. The van der Waals surface area contributed by atoms with E-state index in [-0.39, 0.29) is 12.3 Å². The first kappa shape index (κ1) is 14.5. The minimum Gasteiger partial charge on any atom is -0.480 e. The van der Waals surface area contributed by atoms with Crippen molar-refractivity contribution in [1.29, 1.82) is 0 Å². The zero-order chi connectivity index (χ0) is 12.4. The molecule has 0 radical (unpaired) electrons. The lowest BCUT2D eigenvalue weighted by Gasteiger charge is -2.11. The predicted molar refractivity (Wildman–Crippen MR) is 61.8 cm³/mol. The molecular formula is C12H19NO3. The van der Waals surface area contributed by atoms with Crippen LogP contribution in [0, 0.1) is 12.3 Å². The van der Waals surface area contributed by atoms with Crippen LogP contribution in [0.4, 0.5) is 0 Å². The molecule has 16 heavy (non-hydrogen) atoms. The summed E-state index contributed by atoms with van der Waals surface area (Å²) in [6.45, 7) is 2.09. The van der Waals surface area contributed by atoms with Crippen molar-refractivity contribution in [3.8, 4) is 12.3 Å². The average Bonchev–Trinajstić information content (AvgIpc) is 2.23. The summed E-state index contributed by atoms with van der Waals surface area (Å²) >= 11 is 0. The number of hydrogen-bond acceptors (Lipinski definition) is 2. The number of hydrogen-bond donors (Lipinski definition) is 2. The Balaban J connectivity index is 3.83. The normalized spacial score (nSPS) is 11.5. The molecule has 0 spiro atoms. The lowest BCUT2D eigenvalue weighted by atomic mass is 10.1. The van der Waals surface area contributed by atoms with Gasteiger partial charge in [-0.15, -0.1) is 12.3 Å². The molecule has 0 aliphatic rings. The molecule has 0 aliphatic carbocycles. The number of carbonyl (C=O) groups excluding carboxylic acids is 1. The van der Waals surface area contributed by atoms with Gasteiger partial charge in [-0.1, -0.05) is 26.2 Å². The first-order valence-electron chi connectivity index (χ1n) is 5.57. The molecule has 0 saturated heterocycles. The molecule has 4 heteroatoms. The summed E-state index contributed by atoms with van der Waals surface area (Å²) in [7, 11) is 0. The topological polar surface area (TPSA) is 66.4 Å². The van der Waals surface area contributed by atoms with Crippen LogP contribution in [0.25, 0.3) is 0 Å². The number of aliphatic carboxylic acids is 1. The second-order valence-electron chi connectivity index (χ2n) is 3.68. The monoisotopic (exact) mass is 225 g/mol. The number of carboxylic acid groups (broad SMARTS) is 1. The molecule has 4 nitrogen and oxygen atoms in total. The van der Waals surface area contributed by atoms with Crippen molar-refractivity contribution in [3.05, 3.63) is 0 Å². The Morgan fingerprint density at radius 1 is 1.38 bits per heavy atom. The molecule has 1 unspecified atom stereocenters. The van der Waals surface area contributed by atoms with E-state index >= 15 is 0 Å². The molecular weight excluding hydrogens is 206 g/mol. The van der Waals surface area contributed by atoms with E-state index in [1.165, 1.54) is 0 Å². The smallest absolute Gasteiger partial charge is 0.327 e.